The summed E-state index contributed by atoms with van der Waals surface area (Å²) < 4.78 is 11.4. The summed E-state index contributed by atoms with van der Waals surface area (Å²) in [6.07, 6.45) is 6.96. The number of pyridine rings is 1. The van der Waals surface area contributed by atoms with Crippen LogP contribution in [0.3, 0.4) is 0 Å². The van der Waals surface area contributed by atoms with Gasteiger partial charge in [-0.25, -0.2) is 4.98 Å². The largest absolute Gasteiger partial charge is 0.474 e. The third kappa shape index (κ3) is 6.14. The van der Waals surface area contributed by atoms with Gasteiger partial charge in [-0.2, -0.15) is 0 Å². The SMILES string of the molecule is CN=C(NCCN1CCOCC1)NCc1ccnc(OC2CCCC2)c1. The van der Waals surface area contributed by atoms with Gasteiger partial charge < -0.3 is 20.1 Å². The molecule has 1 saturated heterocycles. The van der Waals surface area contributed by atoms with Gasteiger partial charge in [-0.1, -0.05) is 0 Å². The number of aliphatic imine (C=N–C) groups is 1. The lowest BCUT2D eigenvalue weighted by Gasteiger charge is -2.26. The van der Waals surface area contributed by atoms with E-state index >= 15 is 0 Å². The fourth-order valence-corrected chi connectivity index (χ4v) is 3.37. The number of guanidine groups is 1. The van der Waals surface area contributed by atoms with Crippen molar-refractivity contribution in [1.29, 1.82) is 0 Å². The molecule has 144 valence electrons. The highest BCUT2D eigenvalue weighted by Gasteiger charge is 2.17. The van der Waals surface area contributed by atoms with Crippen LogP contribution in [-0.4, -0.2) is 68.4 Å². The Labute approximate surface area is 156 Å². The number of rotatable bonds is 7. The lowest BCUT2D eigenvalue weighted by molar-refractivity contribution is 0.0389. The minimum absolute atomic E-state index is 0.334. The quantitative estimate of drug-likeness (QED) is 0.565. The molecule has 1 aromatic rings. The van der Waals surface area contributed by atoms with Crippen LogP contribution in [0.1, 0.15) is 31.2 Å². The van der Waals surface area contributed by atoms with E-state index in [1.807, 2.05) is 18.3 Å². The first-order valence-corrected chi connectivity index (χ1v) is 9.70. The zero-order valence-electron chi connectivity index (χ0n) is 15.7. The number of hydrogen-bond donors (Lipinski definition) is 2. The molecule has 1 saturated carbocycles. The molecule has 2 N–H and O–H groups in total. The summed E-state index contributed by atoms with van der Waals surface area (Å²) in [6, 6.07) is 4.03. The zero-order valence-corrected chi connectivity index (χ0v) is 15.7. The van der Waals surface area contributed by atoms with E-state index in [0.717, 1.165) is 69.6 Å². The highest BCUT2D eigenvalue weighted by molar-refractivity contribution is 5.79. The molecule has 2 fully saturated rings. The van der Waals surface area contributed by atoms with Crippen molar-refractivity contribution in [3.63, 3.8) is 0 Å². The Hall–Kier alpha value is -1.86. The maximum absolute atomic E-state index is 5.98. The van der Waals surface area contributed by atoms with Crippen molar-refractivity contribution in [3.05, 3.63) is 23.9 Å². The van der Waals surface area contributed by atoms with Crippen molar-refractivity contribution in [2.24, 2.45) is 4.99 Å². The molecular formula is C19H31N5O2. The molecule has 7 nitrogen and oxygen atoms in total. The van der Waals surface area contributed by atoms with Crippen molar-refractivity contribution >= 4 is 5.96 Å². The fraction of sp³-hybridized carbons (Fsp3) is 0.684. The number of morpholine rings is 1. The molecule has 0 radical (unpaired) electrons. The molecule has 0 bridgehead atoms. The average Bonchev–Trinajstić information content (AvgIpc) is 3.18. The Morgan fingerprint density at radius 1 is 1.31 bits per heavy atom. The summed E-state index contributed by atoms with van der Waals surface area (Å²) in [5, 5.41) is 6.73. The molecule has 1 aromatic heterocycles. The van der Waals surface area contributed by atoms with Crippen LogP contribution in [-0.2, 0) is 11.3 Å². The van der Waals surface area contributed by atoms with Crippen molar-refractivity contribution < 1.29 is 9.47 Å². The second-order valence-electron chi connectivity index (χ2n) is 6.83. The van der Waals surface area contributed by atoms with Crippen LogP contribution in [0, 0.1) is 0 Å². The Kier molecular flexibility index (Phi) is 7.51. The lowest BCUT2D eigenvalue weighted by atomic mass is 10.2. The second kappa shape index (κ2) is 10.3. The molecule has 0 spiro atoms. The van der Waals surface area contributed by atoms with Gasteiger partial charge in [0.15, 0.2) is 5.96 Å². The normalized spacial score (nSPS) is 19.5. The topological polar surface area (TPSA) is 71.0 Å². The minimum atomic E-state index is 0.334. The zero-order chi connectivity index (χ0) is 18.0. The third-order valence-corrected chi connectivity index (χ3v) is 4.90. The molecule has 2 aliphatic rings. The van der Waals surface area contributed by atoms with Crippen molar-refractivity contribution in [2.45, 2.75) is 38.3 Å². The number of nitrogens with one attached hydrogen (secondary N) is 2. The number of aromatic nitrogens is 1. The minimum Gasteiger partial charge on any atom is -0.474 e. The Bertz CT molecular complexity index is 569. The van der Waals surface area contributed by atoms with Gasteiger partial charge in [0.05, 0.1) is 13.2 Å². The van der Waals surface area contributed by atoms with Gasteiger partial charge >= 0.3 is 0 Å². The summed E-state index contributed by atoms with van der Waals surface area (Å²) in [7, 11) is 1.80. The molecule has 2 heterocycles. The second-order valence-corrected chi connectivity index (χ2v) is 6.83. The molecule has 7 heteroatoms. The molecule has 26 heavy (non-hydrogen) atoms. The van der Waals surface area contributed by atoms with Crippen molar-refractivity contribution in [2.75, 3.05) is 46.4 Å². The summed E-state index contributed by atoms with van der Waals surface area (Å²) in [5.74, 6) is 1.54. The Morgan fingerprint density at radius 3 is 2.88 bits per heavy atom. The Balaban J connectivity index is 1.40. The third-order valence-electron chi connectivity index (χ3n) is 4.90. The fourth-order valence-electron chi connectivity index (χ4n) is 3.37. The van der Waals surface area contributed by atoms with Crippen LogP contribution in [0.25, 0.3) is 0 Å². The summed E-state index contributed by atoms with van der Waals surface area (Å²) >= 11 is 0. The molecule has 1 aliphatic carbocycles. The van der Waals surface area contributed by atoms with Crippen LogP contribution in [0.4, 0.5) is 0 Å². The predicted octanol–water partition coefficient (Wildman–Crippen LogP) is 1.40. The number of ether oxygens (including phenoxy) is 2. The van der Waals surface area contributed by atoms with Gasteiger partial charge in [-0.05, 0) is 37.3 Å². The Morgan fingerprint density at radius 2 is 2.12 bits per heavy atom. The standard InChI is InChI=1S/C19H31N5O2/c1-20-19(22-8-9-24-10-12-25-13-11-24)23-15-16-6-7-21-18(14-16)26-17-4-2-3-5-17/h6-7,14,17H,2-5,8-13,15H2,1H3,(H2,20,22,23). The predicted molar refractivity (Wildman–Crippen MR) is 103 cm³/mol. The van der Waals surface area contributed by atoms with Crippen LogP contribution in [0.2, 0.25) is 0 Å². The average molecular weight is 361 g/mol. The van der Waals surface area contributed by atoms with E-state index in [0.29, 0.717) is 12.6 Å². The first-order chi connectivity index (χ1) is 12.8. The molecule has 1 aliphatic heterocycles. The van der Waals surface area contributed by atoms with Gasteiger partial charge in [0.1, 0.15) is 6.10 Å². The van der Waals surface area contributed by atoms with Crippen molar-refractivity contribution in [1.82, 2.24) is 20.5 Å². The highest BCUT2D eigenvalue weighted by Crippen LogP contribution is 2.23. The summed E-state index contributed by atoms with van der Waals surface area (Å²) in [4.78, 5) is 11.0. The molecule has 0 amide bonds. The van der Waals surface area contributed by atoms with Crippen LogP contribution in [0.5, 0.6) is 5.88 Å². The van der Waals surface area contributed by atoms with E-state index in [1.165, 1.54) is 12.8 Å². The maximum Gasteiger partial charge on any atom is 0.213 e. The van der Waals surface area contributed by atoms with Crippen LogP contribution >= 0.6 is 0 Å². The van der Waals surface area contributed by atoms with E-state index < -0.39 is 0 Å². The van der Waals surface area contributed by atoms with E-state index in [9.17, 15) is 0 Å². The van der Waals surface area contributed by atoms with E-state index in [-0.39, 0.29) is 0 Å². The van der Waals surface area contributed by atoms with E-state index in [1.54, 1.807) is 7.05 Å². The van der Waals surface area contributed by atoms with Gasteiger partial charge in [0.25, 0.3) is 0 Å². The first kappa shape index (κ1) is 18.9. The summed E-state index contributed by atoms with van der Waals surface area (Å²) in [6.45, 7) is 6.25. The maximum atomic E-state index is 5.98. The van der Waals surface area contributed by atoms with Gasteiger partial charge in [-0.3, -0.25) is 9.89 Å². The first-order valence-electron chi connectivity index (χ1n) is 9.70. The van der Waals surface area contributed by atoms with Crippen LogP contribution < -0.4 is 15.4 Å². The molecule has 0 unspecified atom stereocenters. The van der Waals surface area contributed by atoms with Gasteiger partial charge in [-0.15, -0.1) is 0 Å². The summed E-state index contributed by atoms with van der Waals surface area (Å²) in [5.41, 5.74) is 1.14. The molecule has 0 aromatic carbocycles. The monoisotopic (exact) mass is 361 g/mol. The molecular weight excluding hydrogens is 330 g/mol. The van der Waals surface area contributed by atoms with Gasteiger partial charge in [0.2, 0.25) is 5.88 Å². The van der Waals surface area contributed by atoms with E-state index in [4.69, 9.17) is 9.47 Å². The lowest BCUT2D eigenvalue weighted by Crippen LogP contribution is -2.44. The number of nitrogens with zero attached hydrogens (tertiary/aromatic N) is 3. The van der Waals surface area contributed by atoms with Crippen LogP contribution in [0.15, 0.2) is 23.3 Å². The van der Waals surface area contributed by atoms with E-state index in [2.05, 4.69) is 25.5 Å². The molecule has 0 atom stereocenters. The number of hydrogen-bond acceptors (Lipinski definition) is 5. The highest BCUT2D eigenvalue weighted by atomic mass is 16.5. The van der Waals surface area contributed by atoms with Gasteiger partial charge in [0, 0.05) is 52.0 Å². The smallest absolute Gasteiger partial charge is 0.213 e. The molecule has 3 rings (SSSR count). The van der Waals surface area contributed by atoms with Crippen molar-refractivity contribution in [3.8, 4) is 5.88 Å².